The molecule has 1 aromatic rings. The Hall–Kier alpha value is -2.83. The summed E-state index contributed by atoms with van der Waals surface area (Å²) in [6.07, 6.45) is 1.51. The van der Waals surface area contributed by atoms with Gasteiger partial charge in [-0.15, -0.1) is 0 Å². The Bertz CT molecular complexity index is 549. The van der Waals surface area contributed by atoms with Gasteiger partial charge in [0, 0.05) is 23.9 Å². The van der Waals surface area contributed by atoms with Gasteiger partial charge in [0.05, 0.1) is 7.11 Å². The molecule has 0 saturated heterocycles. The van der Waals surface area contributed by atoms with Crippen molar-refractivity contribution in [3.8, 4) is 5.75 Å². The summed E-state index contributed by atoms with van der Waals surface area (Å²) in [5, 5.41) is 20.2. The number of methoxy groups -OCH3 is 1. The van der Waals surface area contributed by atoms with Gasteiger partial charge in [0.25, 0.3) is 0 Å². The van der Waals surface area contributed by atoms with E-state index in [0.29, 0.717) is 6.08 Å². The Morgan fingerprint density at radius 2 is 1.95 bits per heavy atom. The zero-order valence-electron chi connectivity index (χ0n) is 9.91. The van der Waals surface area contributed by atoms with Crippen LogP contribution in [0.1, 0.15) is 10.4 Å². The predicted octanol–water partition coefficient (Wildman–Crippen LogP) is 0.758. The molecule has 1 aromatic carbocycles. The molecule has 0 unspecified atom stereocenters. The van der Waals surface area contributed by atoms with Crippen LogP contribution in [0.2, 0.25) is 0 Å². The highest BCUT2D eigenvalue weighted by atomic mass is 16.5. The number of aliphatic carboxylic acids is 1. The van der Waals surface area contributed by atoms with Crippen molar-refractivity contribution in [2.24, 2.45) is 0 Å². The van der Waals surface area contributed by atoms with Crippen LogP contribution in [-0.2, 0) is 14.3 Å². The molecule has 1 rings (SSSR count). The van der Waals surface area contributed by atoms with Crippen LogP contribution in [0.3, 0.4) is 0 Å². The third-order valence-corrected chi connectivity index (χ3v) is 2.05. The van der Waals surface area contributed by atoms with Crippen LogP contribution in [0, 0.1) is 0 Å². The van der Waals surface area contributed by atoms with Crippen LogP contribution >= 0.6 is 0 Å². The second-order valence-electron chi connectivity index (χ2n) is 3.38. The van der Waals surface area contributed by atoms with E-state index >= 15 is 0 Å². The lowest BCUT2D eigenvalue weighted by Gasteiger charge is -2.06. The minimum Gasteiger partial charge on any atom is -0.507 e. The summed E-state index contributed by atoms with van der Waals surface area (Å²) in [6, 6.07) is 3.80. The predicted molar refractivity (Wildman–Crippen MR) is 64.9 cm³/mol. The zero-order valence-corrected chi connectivity index (χ0v) is 9.91. The fraction of sp³-hybridized carbons (Fsp3) is 0.0833. The lowest BCUT2D eigenvalue weighted by Crippen LogP contribution is -2.09. The third-order valence-electron chi connectivity index (χ3n) is 2.05. The van der Waals surface area contributed by atoms with Gasteiger partial charge in [-0.05, 0) is 12.1 Å². The summed E-state index contributed by atoms with van der Waals surface area (Å²) in [5.74, 6) is -2.99. The van der Waals surface area contributed by atoms with Gasteiger partial charge in [0.1, 0.15) is 11.3 Å². The highest BCUT2D eigenvalue weighted by Gasteiger charge is 2.12. The van der Waals surface area contributed by atoms with Gasteiger partial charge in [-0.3, -0.25) is 4.79 Å². The number of carboxylic acids is 1. The van der Waals surface area contributed by atoms with E-state index in [9.17, 15) is 19.5 Å². The second-order valence-corrected chi connectivity index (χ2v) is 3.38. The van der Waals surface area contributed by atoms with Crippen molar-refractivity contribution in [1.29, 1.82) is 0 Å². The molecule has 0 heterocycles. The first-order chi connectivity index (χ1) is 8.93. The van der Waals surface area contributed by atoms with Gasteiger partial charge in [-0.2, -0.15) is 0 Å². The maximum Gasteiger partial charge on any atom is 0.341 e. The topological polar surface area (TPSA) is 113 Å². The number of ether oxygens (including phenoxy) is 1. The quantitative estimate of drug-likeness (QED) is 0.547. The van der Waals surface area contributed by atoms with Gasteiger partial charge in [-0.1, -0.05) is 0 Å². The highest BCUT2D eigenvalue weighted by Crippen LogP contribution is 2.22. The Labute approximate surface area is 108 Å². The molecule has 19 heavy (non-hydrogen) atoms. The number of anilines is 1. The maximum absolute atomic E-state index is 11.3. The van der Waals surface area contributed by atoms with E-state index in [1.807, 2.05) is 0 Å². The molecule has 0 saturated carbocycles. The minimum atomic E-state index is -1.25. The number of nitrogens with one attached hydrogen (secondary N) is 1. The molecule has 0 aliphatic rings. The van der Waals surface area contributed by atoms with Crippen LogP contribution in [0.15, 0.2) is 30.4 Å². The smallest absolute Gasteiger partial charge is 0.341 e. The summed E-state index contributed by atoms with van der Waals surface area (Å²) in [5.41, 5.74) is 0.173. The summed E-state index contributed by atoms with van der Waals surface area (Å²) < 4.78 is 4.44. The fourth-order valence-electron chi connectivity index (χ4n) is 1.22. The summed E-state index contributed by atoms with van der Waals surface area (Å²) >= 11 is 0. The van der Waals surface area contributed by atoms with E-state index < -0.39 is 17.8 Å². The van der Waals surface area contributed by atoms with Crippen LogP contribution in [0.5, 0.6) is 5.75 Å². The molecule has 3 N–H and O–H groups in total. The lowest BCUT2D eigenvalue weighted by molar-refractivity contribution is -0.131. The standard InChI is InChI=1S/C12H11NO6/c1-19-12(18)8-3-2-7(6-9(8)14)13-10(15)4-5-11(16)17/h2-6,14H,1H3,(H,13,15)(H,16,17)/b5-4-. The number of amides is 1. The van der Waals surface area contributed by atoms with E-state index in [-0.39, 0.29) is 17.0 Å². The fourth-order valence-corrected chi connectivity index (χ4v) is 1.22. The second kappa shape index (κ2) is 6.20. The number of carboxylic acid groups (broad SMARTS) is 1. The van der Waals surface area contributed by atoms with E-state index in [2.05, 4.69) is 10.1 Å². The van der Waals surface area contributed by atoms with Gasteiger partial charge >= 0.3 is 11.9 Å². The third kappa shape index (κ3) is 4.15. The molecular weight excluding hydrogens is 254 g/mol. The van der Waals surface area contributed by atoms with Crippen LogP contribution in [-0.4, -0.2) is 35.2 Å². The van der Waals surface area contributed by atoms with Gasteiger partial charge in [0.2, 0.25) is 5.91 Å². The van der Waals surface area contributed by atoms with Crippen molar-refractivity contribution in [3.63, 3.8) is 0 Å². The van der Waals surface area contributed by atoms with Crippen LogP contribution in [0.4, 0.5) is 5.69 Å². The molecule has 0 bridgehead atoms. The highest BCUT2D eigenvalue weighted by molar-refractivity contribution is 6.02. The van der Waals surface area contributed by atoms with E-state index in [1.165, 1.54) is 19.2 Å². The lowest BCUT2D eigenvalue weighted by atomic mass is 10.2. The van der Waals surface area contributed by atoms with Gasteiger partial charge in [-0.25, -0.2) is 9.59 Å². The van der Waals surface area contributed by atoms with Crippen LogP contribution in [0.25, 0.3) is 0 Å². The van der Waals surface area contributed by atoms with Crippen molar-refractivity contribution >= 4 is 23.5 Å². The number of carbonyl (C=O) groups is 3. The molecule has 0 aliphatic carbocycles. The number of aromatic hydroxyl groups is 1. The number of phenolic OH excluding ortho intramolecular Hbond substituents is 1. The van der Waals surface area contributed by atoms with Crippen molar-refractivity contribution < 1.29 is 29.3 Å². The van der Waals surface area contributed by atoms with E-state index in [4.69, 9.17) is 5.11 Å². The number of benzene rings is 1. The molecule has 7 heteroatoms. The molecule has 0 aromatic heterocycles. The Morgan fingerprint density at radius 1 is 1.26 bits per heavy atom. The van der Waals surface area contributed by atoms with Gasteiger partial charge in [0.15, 0.2) is 0 Å². The zero-order chi connectivity index (χ0) is 14.4. The molecule has 0 fully saturated rings. The van der Waals surface area contributed by atoms with Crippen molar-refractivity contribution in [2.45, 2.75) is 0 Å². The Balaban J connectivity index is 2.82. The van der Waals surface area contributed by atoms with Crippen LogP contribution < -0.4 is 5.32 Å². The number of carbonyl (C=O) groups excluding carboxylic acids is 2. The van der Waals surface area contributed by atoms with E-state index in [1.54, 1.807) is 0 Å². The first-order valence-corrected chi connectivity index (χ1v) is 5.07. The normalized spacial score (nSPS) is 10.2. The molecular formula is C12H11NO6. The minimum absolute atomic E-state index is 0.0402. The number of esters is 1. The SMILES string of the molecule is COC(=O)c1ccc(NC(=O)/C=C\C(=O)O)cc1O. The maximum atomic E-state index is 11.3. The summed E-state index contributed by atoms with van der Waals surface area (Å²) in [7, 11) is 1.17. The molecule has 0 aliphatic heterocycles. The van der Waals surface area contributed by atoms with E-state index in [0.717, 1.165) is 12.1 Å². The van der Waals surface area contributed by atoms with Crippen molar-refractivity contribution in [2.75, 3.05) is 12.4 Å². The van der Waals surface area contributed by atoms with Gasteiger partial charge < -0.3 is 20.3 Å². The average Bonchev–Trinajstić information content (AvgIpc) is 2.35. The first kappa shape index (κ1) is 14.2. The average molecular weight is 265 g/mol. The largest absolute Gasteiger partial charge is 0.507 e. The van der Waals surface area contributed by atoms with Crippen molar-refractivity contribution in [3.05, 3.63) is 35.9 Å². The number of rotatable bonds is 4. The number of phenols is 1. The summed E-state index contributed by atoms with van der Waals surface area (Å²) in [6.45, 7) is 0. The summed E-state index contributed by atoms with van der Waals surface area (Å²) in [4.78, 5) is 32.7. The molecule has 0 radical (unpaired) electrons. The monoisotopic (exact) mass is 265 g/mol. The molecule has 7 nitrogen and oxygen atoms in total. The molecule has 0 spiro atoms. The molecule has 0 atom stereocenters. The first-order valence-electron chi connectivity index (χ1n) is 5.07. The molecule has 100 valence electrons. The van der Waals surface area contributed by atoms with Crippen molar-refractivity contribution in [1.82, 2.24) is 0 Å². The number of hydrogen-bond acceptors (Lipinski definition) is 5. The Kier molecular flexibility index (Phi) is 4.64. The number of hydrogen-bond donors (Lipinski definition) is 3. The Morgan fingerprint density at radius 3 is 2.47 bits per heavy atom. The molecule has 1 amide bonds.